The second-order valence-corrected chi connectivity index (χ2v) is 5.64. The Bertz CT molecular complexity index is 1090. The number of benzene rings is 2. The van der Waals surface area contributed by atoms with Crippen molar-refractivity contribution in [1.29, 1.82) is 0 Å². The van der Waals surface area contributed by atoms with Gasteiger partial charge in [0.1, 0.15) is 5.82 Å². The monoisotopic (exact) mass is 369 g/mol. The Labute approximate surface area is 155 Å². The van der Waals surface area contributed by atoms with E-state index in [1.807, 2.05) is 0 Å². The summed E-state index contributed by atoms with van der Waals surface area (Å²) in [6.45, 7) is 1.67. The third kappa shape index (κ3) is 3.29. The maximum atomic E-state index is 12.9. The molecule has 0 saturated heterocycles. The number of ether oxygens (including phenoxy) is 3. The standard InChI is InChI=1S/C19H19N3O5/c1-11-21-14-9-17(27-4)16(26-3)8-13(14)19(24)22(11)20-10-12-6-5-7-15(25-2)18(12)23/h5-10,23H,1-4H3/b20-10+. The first kappa shape index (κ1) is 18.2. The van der Waals surface area contributed by atoms with E-state index in [1.54, 1.807) is 37.3 Å². The molecule has 2 aromatic carbocycles. The SMILES string of the molecule is COc1cc2nc(C)n(/N=C/c3cccc(OC)c3O)c(=O)c2cc1OC. The topological polar surface area (TPSA) is 95.2 Å². The fraction of sp³-hybridized carbons (Fsp3) is 0.211. The summed E-state index contributed by atoms with van der Waals surface area (Å²) in [5.41, 5.74) is 0.524. The fourth-order valence-corrected chi connectivity index (χ4v) is 2.68. The van der Waals surface area contributed by atoms with Crippen molar-refractivity contribution in [1.82, 2.24) is 9.66 Å². The maximum Gasteiger partial charge on any atom is 0.282 e. The number of phenols is 1. The number of rotatable bonds is 5. The van der Waals surface area contributed by atoms with Crippen LogP contribution in [0.5, 0.6) is 23.0 Å². The highest BCUT2D eigenvalue weighted by Gasteiger charge is 2.13. The van der Waals surface area contributed by atoms with Gasteiger partial charge in [-0.25, -0.2) is 4.98 Å². The molecule has 1 heterocycles. The van der Waals surface area contributed by atoms with Gasteiger partial charge in [0.15, 0.2) is 23.0 Å². The molecule has 0 aliphatic rings. The van der Waals surface area contributed by atoms with Crippen molar-refractivity contribution >= 4 is 17.1 Å². The largest absolute Gasteiger partial charge is 0.504 e. The molecule has 0 aliphatic heterocycles. The minimum Gasteiger partial charge on any atom is -0.504 e. The van der Waals surface area contributed by atoms with Crippen LogP contribution in [0.15, 0.2) is 40.2 Å². The zero-order chi connectivity index (χ0) is 19.6. The van der Waals surface area contributed by atoms with Gasteiger partial charge in [0, 0.05) is 11.6 Å². The average molecular weight is 369 g/mol. The lowest BCUT2D eigenvalue weighted by Crippen LogP contribution is -2.20. The number of hydrogen-bond donors (Lipinski definition) is 1. The van der Waals surface area contributed by atoms with E-state index in [0.717, 1.165) is 4.68 Å². The Hall–Kier alpha value is -3.55. The third-order valence-electron chi connectivity index (χ3n) is 4.08. The van der Waals surface area contributed by atoms with Crippen molar-refractivity contribution in [3.05, 3.63) is 52.1 Å². The van der Waals surface area contributed by atoms with Crippen LogP contribution in [0, 0.1) is 6.92 Å². The van der Waals surface area contributed by atoms with Gasteiger partial charge in [-0.1, -0.05) is 6.07 Å². The Morgan fingerprint density at radius 1 is 1.07 bits per heavy atom. The summed E-state index contributed by atoms with van der Waals surface area (Å²) < 4.78 is 16.7. The van der Waals surface area contributed by atoms with Gasteiger partial charge in [-0.2, -0.15) is 9.78 Å². The van der Waals surface area contributed by atoms with Gasteiger partial charge in [-0.05, 0) is 25.1 Å². The molecule has 0 radical (unpaired) electrons. The van der Waals surface area contributed by atoms with E-state index in [4.69, 9.17) is 14.2 Å². The number of nitrogens with zero attached hydrogens (tertiary/aromatic N) is 3. The fourth-order valence-electron chi connectivity index (χ4n) is 2.68. The molecule has 140 valence electrons. The van der Waals surface area contributed by atoms with Crippen LogP contribution < -0.4 is 19.8 Å². The van der Waals surface area contributed by atoms with Crippen LogP contribution in [-0.4, -0.2) is 42.3 Å². The van der Waals surface area contributed by atoms with E-state index in [2.05, 4.69) is 10.1 Å². The Morgan fingerprint density at radius 2 is 1.74 bits per heavy atom. The predicted octanol–water partition coefficient (Wildman–Crippen LogP) is 2.32. The van der Waals surface area contributed by atoms with E-state index >= 15 is 0 Å². The number of aromatic hydroxyl groups is 1. The highest BCUT2D eigenvalue weighted by Crippen LogP contribution is 2.30. The molecule has 0 fully saturated rings. The summed E-state index contributed by atoms with van der Waals surface area (Å²) in [6, 6.07) is 8.21. The summed E-state index contributed by atoms with van der Waals surface area (Å²) in [7, 11) is 4.47. The summed E-state index contributed by atoms with van der Waals surface area (Å²) in [6.07, 6.45) is 1.38. The number of phenolic OH excluding ortho intramolecular Hbond substituents is 1. The van der Waals surface area contributed by atoms with Gasteiger partial charge in [-0.3, -0.25) is 4.79 Å². The van der Waals surface area contributed by atoms with Crippen LogP contribution >= 0.6 is 0 Å². The molecule has 0 saturated carbocycles. The van der Waals surface area contributed by atoms with Gasteiger partial charge in [0.2, 0.25) is 0 Å². The highest BCUT2D eigenvalue weighted by atomic mass is 16.5. The quantitative estimate of drug-likeness (QED) is 0.694. The second-order valence-electron chi connectivity index (χ2n) is 5.64. The predicted molar refractivity (Wildman–Crippen MR) is 101 cm³/mol. The number of hydrogen-bond acceptors (Lipinski definition) is 7. The number of methoxy groups -OCH3 is 3. The zero-order valence-corrected chi connectivity index (χ0v) is 15.4. The molecule has 3 rings (SSSR count). The third-order valence-corrected chi connectivity index (χ3v) is 4.08. The minimum absolute atomic E-state index is 0.0606. The molecular formula is C19H19N3O5. The molecule has 0 spiro atoms. The van der Waals surface area contributed by atoms with Crippen molar-refractivity contribution in [2.45, 2.75) is 6.92 Å². The van der Waals surface area contributed by atoms with Crippen LogP contribution in [0.3, 0.4) is 0 Å². The van der Waals surface area contributed by atoms with E-state index in [-0.39, 0.29) is 11.3 Å². The smallest absolute Gasteiger partial charge is 0.282 e. The van der Waals surface area contributed by atoms with Crippen molar-refractivity contribution < 1.29 is 19.3 Å². The lowest BCUT2D eigenvalue weighted by atomic mass is 10.2. The molecule has 8 nitrogen and oxygen atoms in total. The Morgan fingerprint density at radius 3 is 2.41 bits per heavy atom. The van der Waals surface area contributed by atoms with Gasteiger partial charge < -0.3 is 19.3 Å². The summed E-state index contributed by atoms with van der Waals surface area (Å²) >= 11 is 0. The summed E-state index contributed by atoms with van der Waals surface area (Å²) in [5.74, 6) is 1.55. The molecule has 3 aromatic rings. The van der Waals surface area contributed by atoms with Crippen LogP contribution in [0.25, 0.3) is 10.9 Å². The molecule has 27 heavy (non-hydrogen) atoms. The van der Waals surface area contributed by atoms with Crippen molar-refractivity contribution in [3.63, 3.8) is 0 Å². The number of aromatic nitrogens is 2. The highest BCUT2D eigenvalue weighted by molar-refractivity contribution is 5.85. The molecule has 0 amide bonds. The minimum atomic E-state index is -0.364. The second kappa shape index (κ2) is 7.36. The first-order valence-electron chi connectivity index (χ1n) is 8.05. The van der Waals surface area contributed by atoms with Gasteiger partial charge in [0.05, 0.1) is 38.4 Å². The molecule has 0 atom stereocenters. The normalized spacial score (nSPS) is 11.1. The molecule has 1 aromatic heterocycles. The number of para-hydroxylation sites is 1. The van der Waals surface area contributed by atoms with Crippen molar-refractivity contribution in [2.24, 2.45) is 5.10 Å². The van der Waals surface area contributed by atoms with Crippen LogP contribution in [-0.2, 0) is 0 Å². The zero-order valence-electron chi connectivity index (χ0n) is 15.4. The first-order valence-corrected chi connectivity index (χ1v) is 8.05. The van der Waals surface area contributed by atoms with Gasteiger partial charge in [-0.15, -0.1) is 0 Å². The van der Waals surface area contributed by atoms with E-state index in [9.17, 15) is 9.90 Å². The molecular weight excluding hydrogens is 350 g/mol. The Kier molecular flexibility index (Phi) is 4.98. The van der Waals surface area contributed by atoms with E-state index in [0.29, 0.717) is 39.5 Å². The van der Waals surface area contributed by atoms with Crippen molar-refractivity contribution in [2.75, 3.05) is 21.3 Å². The lowest BCUT2D eigenvalue weighted by molar-refractivity contribution is 0.355. The number of aryl methyl sites for hydroxylation is 1. The van der Waals surface area contributed by atoms with Crippen LogP contribution in [0.2, 0.25) is 0 Å². The van der Waals surface area contributed by atoms with Crippen LogP contribution in [0.4, 0.5) is 0 Å². The van der Waals surface area contributed by atoms with Gasteiger partial charge in [0.25, 0.3) is 5.56 Å². The summed E-state index contributed by atoms with van der Waals surface area (Å²) in [5, 5.41) is 14.7. The lowest BCUT2D eigenvalue weighted by Gasteiger charge is -2.10. The number of fused-ring (bicyclic) bond motifs is 1. The summed E-state index contributed by atoms with van der Waals surface area (Å²) in [4.78, 5) is 17.3. The van der Waals surface area contributed by atoms with Gasteiger partial charge >= 0.3 is 0 Å². The molecule has 0 bridgehead atoms. The van der Waals surface area contributed by atoms with E-state index < -0.39 is 0 Å². The molecule has 0 unspecified atom stereocenters. The molecule has 1 N–H and O–H groups in total. The van der Waals surface area contributed by atoms with E-state index in [1.165, 1.54) is 27.5 Å². The first-order chi connectivity index (χ1) is 13.0. The van der Waals surface area contributed by atoms with Crippen LogP contribution in [0.1, 0.15) is 11.4 Å². The van der Waals surface area contributed by atoms with Crippen molar-refractivity contribution in [3.8, 4) is 23.0 Å². The molecule has 0 aliphatic carbocycles. The Balaban J connectivity index is 2.14. The average Bonchev–Trinajstić information content (AvgIpc) is 2.68. The molecule has 8 heteroatoms. The maximum absolute atomic E-state index is 12.9.